The van der Waals surface area contributed by atoms with E-state index in [1.807, 2.05) is 66.7 Å². The Bertz CT molecular complexity index is 2300. The molecule has 330 valence electrons. The Morgan fingerprint density at radius 2 is 1.63 bits per heavy atom. The van der Waals surface area contributed by atoms with Crippen LogP contribution in [0.1, 0.15) is 77.0 Å². The van der Waals surface area contributed by atoms with Crippen molar-refractivity contribution in [3.05, 3.63) is 123 Å². The summed E-state index contributed by atoms with van der Waals surface area (Å²) in [5.41, 5.74) is 4.33. The van der Waals surface area contributed by atoms with Crippen molar-refractivity contribution < 1.29 is 43.4 Å². The quantitative estimate of drug-likeness (QED) is 0.0315. The summed E-state index contributed by atoms with van der Waals surface area (Å²) in [5, 5.41) is 33.2. The number of imide groups is 1. The zero-order valence-corrected chi connectivity index (χ0v) is 39.5. The van der Waals surface area contributed by atoms with Crippen molar-refractivity contribution in [2.24, 2.45) is 17.8 Å². The lowest BCUT2D eigenvalue weighted by molar-refractivity contribution is -0.141. The first kappa shape index (κ1) is 46.4. The smallest absolute Gasteiger partial charge is 0.455 e. The molecule has 0 bridgehead atoms. The Balaban J connectivity index is 1.29. The van der Waals surface area contributed by atoms with Gasteiger partial charge in [0.1, 0.15) is 0 Å². The fraction of sp³-hybridized carbons (Fsp3) is 0.388. The number of carboxylic acids is 1. The number of carbonyl (C=O) groups excluding carboxylic acids is 2. The van der Waals surface area contributed by atoms with Gasteiger partial charge < -0.3 is 29.1 Å². The number of phenolic OH excluding ortho intramolecular Hbond substituents is 1. The summed E-state index contributed by atoms with van der Waals surface area (Å²) in [4.78, 5) is 46.1. The molecule has 63 heavy (non-hydrogen) atoms. The SMILES string of the molecule is COc1cc(/C=C(/CC[C@H]2OB(O)C[C@H]3C2=C(CO[Si](c2ccccc2)(c2ccccc2)C(C)(C)C)C[C@H]2C(=O)N(CCCCCC(=O)O)C(=O)[C@H]23)c2ccccn2)cc(I)c1O. The largest absolute Gasteiger partial charge is 0.504 e. The molecule has 7 rings (SSSR count). The number of fused-ring (bicyclic) bond motifs is 3. The average molecular weight is 983 g/mol. The lowest BCUT2D eigenvalue weighted by Crippen LogP contribution is -2.66. The molecule has 4 atom stereocenters. The number of hydrogen-bond donors (Lipinski definition) is 3. The number of nitrogens with zero attached hydrogens (tertiary/aromatic N) is 2. The molecule has 3 aliphatic rings. The predicted octanol–water partition coefficient (Wildman–Crippen LogP) is 7.74. The summed E-state index contributed by atoms with van der Waals surface area (Å²) in [5.74, 6) is -2.66. The summed E-state index contributed by atoms with van der Waals surface area (Å²) in [7, 11) is -2.70. The highest BCUT2D eigenvalue weighted by atomic mass is 127. The third-order valence-corrected chi connectivity index (χ3v) is 18.6. The third-order valence-electron chi connectivity index (χ3n) is 12.8. The van der Waals surface area contributed by atoms with Crippen molar-refractivity contribution in [2.75, 3.05) is 20.3 Å². The highest BCUT2D eigenvalue weighted by Crippen LogP contribution is 2.51. The lowest BCUT2D eigenvalue weighted by atomic mass is 9.58. The van der Waals surface area contributed by atoms with E-state index in [4.69, 9.17) is 23.9 Å². The number of rotatable bonds is 17. The number of hydrogen-bond acceptors (Lipinski definition) is 9. The minimum Gasteiger partial charge on any atom is -0.504 e. The lowest BCUT2D eigenvalue weighted by Gasteiger charge is -2.46. The maximum Gasteiger partial charge on any atom is 0.455 e. The third kappa shape index (κ3) is 9.90. The van der Waals surface area contributed by atoms with Crippen LogP contribution in [0.2, 0.25) is 11.4 Å². The standard InChI is InChI=1S/C49H56BIN2O9Si/c1-49(2,3)63(35-16-8-5-9-17-35,36-18-10-6-11-19-36)61-31-34-29-37-45(48(58)53(47(37)57)25-15-7-12-21-43(54)55)38-30-50(59)62-41(44(34)38)23-22-33(40-20-13-14-24-52-40)26-32-27-39(51)46(56)42(28-32)60-4/h5-6,8-11,13-14,16-20,24,26-28,37-38,41,45,56,59H,7,12,15,21-23,25,29-31H2,1-4H3,(H,54,55)/b33-26-/t37-,38+,41-,45-/m1/s1. The van der Waals surface area contributed by atoms with Gasteiger partial charge in [0.2, 0.25) is 11.8 Å². The molecular formula is C49H56BIN2O9Si. The highest BCUT2D eigenvalue weighted by Gasteiger charge is 2.58. The van der Waals surface area contributed by atoms with E-state index in [0.29, 0.717) is 47.8 Å². The molecule has 14 heteroatoms. The summed E-state index contributed by atoms with van der Waals surface area (Å²) in [6, 6.07) is 30.2. The van der Waals surface area contributed by atoms with Crippen molar-refractivity contribution in [1.29, 1.82) is 0 Å². The number of unbranched alkanes of at least 4 members (excludes halogenated alkanes) is 2. The van der Waals surface area contributed by atoms with E-state index < -0.39 is 45.3 Å². The van der Waals surface area contributed by atoms with Crippen LogP contribution in [0.5, 0.6) is 11.5 Å². The first-order valence-electron chi connectivity index (χ1n) is 21.8. The number of pyridine rings is 1. The van der Waals surface area contributed by atoms with Gasteiger partial charge >= 0.3 is 13.1 Å². The minimum absolute atomic E-state index is 0.0378. The Morgan fingerprint density at radius 3 is 2.25 bits per heavy atom. The number of ether oxygens (including phenoxy) is 1. The van der Waals surface area contributed by atoms with Crippen molar-refractivity contribution in [3.8, 4) is 11.5 Å². The van der Waals surface area contributed by atoms with Gasteiger partial charge in [0.25, 0.3) is 8.32 Å². The van der Waals surface area contributed by atoms with Crippen LogP contribution in [0.25, 0.3) is 11.6 Å². The number of aromatic hydroxyl groups is 1. The topological polar surface area (TPSA) is 156 Å². The van der Waals surface area contributed by atoms with Crippen LogP contribution in [0.15, 0.2) is 108 Å². The van der Waals surface area contributed by atoms with Gasteiger partial charge in [-0.3, -0.25) is 24.3 Å². The molecule has 3 heterocycles. The number of allylic oxidation sites excluding steroid dienone is 1. The maximum atomic E-state index is 14.5. The fourth-order valence-corrected chi connectivity index (χ4v) is 15.2. The molecule has 2 amide bonds. The molecule has 4 aromatic rings. The fourth-order valence-electron chi connectivity index (χ4n) is 10.0. The van der Waals surface area contributed by atoms with Crippen molar-refractivity contribution in [3.63, 3.8) is 0 Å². The van der Waals surface area contributed by atoms with E-state index >= 15 is 0 Å². The summed E-state index contributed by atoms with van der Waals surface area (Å²) >= 11 is 2.08. The Morgan fingerprint density at radius 1 is 0.952 bits per heavy atom. The van der Waals surface area contributed by atoms with Crippen LogP contribution in [-0.4, -0.2) is 84.7 Å². The predicted molar refractivity (Wildman–Crippen MR) is 255 cm³/mol. The van der Waals surface area contributed by atoms with Crippen molar-refractivity contribution in [2.45, 2.75) is 83.2 Å². The molecule has 11 nitrogen and oxygen atoms in total. The Hall–Kier alpha value is -4.61. The number of carboxylic acid groups (broad SMARTS) is 1. The van der Waals surface area contributed by atoms with Crippen LogP contribution in [0.3, 0.4) is 0 Å². The number of benzene rings is 3. The molecule has 0 spiro atoms. The molecule has 0 saturated carbocycles. The van der Waals surface area contributed by atoms with Crippen LogP contribution < -0.4 is 15.1 Å². The Kier molecular flexibility index (Phi) is 14.8. The molecule has 1 aromatic heterocycles. The number of halogens is 1. The number of methoxy groups -OCH3 is 1. The van der Waals surface area contributed by atoms with Crippen LogP contribution in [0.4, 0.5) is 0 Å². The molecule has 0 radical (unpaired) electrons. The number of likely N-dealkylation sites (tertiary alicyclic amines) is 1. The van der Waals surface area contributed by atoms with Gasteiger partial charge in [-0.15, -0.1) is 0 Å². The second-order valence-corrected chi connectivity index (χ2v) is 23.2. The van der Waals surface area contributed by atoms with Crippen molar-refractivity contribution in [1.82, 2.24) is 9.88 Å². The van der Waals surface area contributed by atoms with E-state index in [1.165, 1.54) is 12.0 Å². The van der Waals surface area contributed by atoms with E-state index in [2.05, 4.69) is 67.6 Å². The van der Waals surface area contributed by atoms with Crippen LogP contribution >= 0.6 is 22.6 Å². The van der Waals surface area contributed by atoms with Crippen LogP contribution in [0, 0.1) is 21.3 Å². The first-order chi connectivity index (χ1) is 30.2. The van der Waals surface area contributed by atoms with E-state index in [-0.39, 0.29) is 48.5 Å². The second kappa shape index (κ2) is 20.1. The molecule has 2 aliphatic heterocycles. The zero-order valence-electron chi connectivity index (χ0n) is 36.3. The number of amides is 2. The van der Waals surface area contributed by atoms with Crippen molar-refractivity contribution >= 4 is 77.8 Å². The first-order valence-corrected chi connectivity index (χ1v) is 24.8. The number of aromatic nitrogens is 1. The molecule has 3 N–H and O–H groups in total. The number of phenols is 1. The molecule has 2 fully saturated rings. The van der Waals surface area contributed by atoms with E-state index in [1.54, 1.807) is 12.3 Å². The van der Waals surface area contributed by atoms with Gasteiger partial charge in [-0.25, -0.2) is 0 Å². The summed E-state index contributed by atoms with van der Waals surface area (Å²) < 4.78 is 20.2. The second-order valence-electron chi connectivity index (χ2n) is 17.8. The number of carbonyl (C=O) groups is 3. The summed E-state index contributed by atoms with van der Waals surface area (Å²) in [6.07, 6.45) is 6.17. The molecule has 1 aliphatic carbocycles. The van der Waals surface area contributed by atoms with Gasteiger partial charge in [0, 0.05) is 19.2 Å². The van der Waals surface area contributed by atoms with Gasteiger partial charge in [-0.1, -0.05) is 93.9 Å². The van der Waals surface area contributed by atoms with E-state index in [0.717, 1.165) is 38.4 Å². The van der Waals surface area contributed by atoms with Gasteiger partial charge in [0.15, 0.2) is 11.5 Å². The molecule has 3 aromatic carbocycles. The highest BCUT2D eigenvalue weighted by molar-refractivity contribution is 14.1. The van der Waals surface area contributed by atoms with Gasteiger partial charge in [0.05, 0.1) is 40.9 Å². The normalized spacial score (nSPS) is 20.5. The monoisotopic (exact) mass is 982 g/mol. The zero-order chi connectivity index (χ0) is 44.9. The average Bonchev–Trinajstić information content (AvgIpc) is 3.51. The Labute approximate surface area is 385 Å². The molecule has 0 unspecified atom stereocenters. The van der Waals surface area contributed by atoms with Gasteiger partial charge in [-0.05, 0) is 135 Å². The molecular weight excluding hydrogens is 926 g/mol. The van der Waals surface area contributed by atoms with Crippen LogP contribution in [-0.2, 0) is 23.5 Å². The minimum atomic E-state index is -3.05. The van der Waals surface area contributed by atoms with E-state index in [9.17, 15) is 24.5 Å². The maximum absolute atomic E-state index is 14.5. The van der Waals surface area contributed by atoms with Gasteiger partial charge in [-0.2, -0.15) is 0 Å². The molecule has 2 saturated heterocycles. The number of aliphatic carboxylic acids is 1. The summed E-state index contributed by atoms with van der Waals surface area (Å²) in [6.45, 7) is 7.11.